The number of nitrogens with one attached hydrogen (secondary N) is 2. The van der Waals surface area contributed by atoms with Crippen LogP contribution in [0.3, 0.4) is 0 Å². The molecule has 0 unspecified atom stereocenters. The number of benzene rings is 1. The molecule has 1 aliphatic heterocycles. The van der Waals surface area contributed by atoms with Gasteiger partial charge in [-0.2, -0.15) is 4.31 Å². The molecule has 0 atom stereocenters. The Morgan fingerprint density at radius 3 is 2.38 bits per heavy atom. The number of hydrogen-bond donors (Lipinski definition) is 4. The molecule has 1 saturated heterocycles. The number of amides is 2. The molecule has 2 aliphatic rings. The van der Waals surface area contributed by atoms with Crippen molar-refractivity contribution in [3.8, 4) is 0 Å². The van der Waals surface area contributed by atoms with Crippen LogP contribution in [0.4, 0.5) is 0 Å². The van der Waals surface area contributed by atoms with Gasteiger partial charge in [0.1, 0.15) is 5.41 Å². The number of nitrogens with zero attached hydrogens (tertiary/aromatic N) is 1. The van der Waals surface area contributed by atoms with Gasteiger partial charge in [-0.1, -0.05) is 37.5 Å². The molecule has 10 nitrogen and oxygen atoms in total. The lowest BCUT2D eigenvalue weighted by Gasteiger charge is -2.34. The van der Waals surface area contributed by atoms with Gasteiger partial charge in [-0.25, -0.2) is 13.9 Å². The Bertz CT molecular complexity index is 919. The zero-order valence-electron chi connectivity index (χ0n) is 19.4. The molecule has 188 valence electrons. The highest BCUT2D eigenvalue weighted by Gasteiger charge is 2.49. The Morgan fingerprint density at radius 2 is 1.76 bits per heavy atom. The Balaban J connectivity index is 1.53. The van der Waals surface area contributed by atoms with Crippen LogP contribution in [0.1, 0.15) is 51.4 Å². The minimum Gasteiger partial charge on any atom is -0.426 e. The fourth-order valence-electron chi connectivity index (χ4n) is 4.58. The molecule has 0 aromatic heterocycles. The Hall–Kier alpha value is -1.99. The quantitative estimate of drug-likeness (QED) is 0.154. The number of sulfonamides is 1. The van der Waals surface area contributed by atoms with Crippen molar-refractivity contribution in [2.45, 2.75) is 68.6 Å². The zero-order valence-corrected chi connectivity index (χ0v) is 20.3. The van der Waals surface area contributed by atoms with Crippen LogP contribution in [0.15, 0.2) is 35.2 Å². The lowest BCUT2D eigenvalue weighted by Crippen LogP contribution is -2.55. The number of piperidine rings is 1. The third-order valence-corrected chi connectivity index (χ3v) is 8.60. The summed E-state index contributed by atoms with van der Waals surface area (Å²) in [6, 6.07) is 8.07. The second-order valence-electron chi connectivity index (χ2n) is 9.04. The summed E-state index contributed by atoms with van der Waals surface area (Å²) >= 11 is 0. The molecular weight excluding hydrogens is 459 g/mol. The van der Waals surface area contributed by atoms with Crippen LogP contribution >= 0.6 is 0 Å². The van der Waals surface area contributed by atoms with Crippen LogP contribution in [0.2, 0.25) is 6.32 Å². The fraction of sp³-hybridized carbons (Fsp3) is 0.636. The number of hydroxylamine groups is 1. The van der Waals surface area contributed by atoms with Gasteiger partial charge in [-0.15, -0.1) is 0 Å². The number of carbonyl (C=O) groups excluding carboxylic acids is 2. The van der Waals surface area contributed by atoms with E-state index in [-0.39, 0.29) is 16.8 Å². The van der Waals surface area contributed by atoms with Crippen LogP contribution < -0.4 is 16.5 Å². The lowest BCUT2D eigenvalue weighted by molar-refractivity contribution is -0.148. The predicted molar refractivity (Wildman–Crippen MR) is 128 cm³/mol. The Kier molecular flexibility index (Phi) is 9.49. The fourth-order valence-corrected chi connectivity index (χ4v) is 6.07. The van der Waals surface area contributed by atoms with E-state index >= 15 is 0 Å². The summed E-state index contributed by atoms with van der Waals surface area (Å²) in [5.74, 6) is -0.919. The molecule has 1 aromatic carbocycles. The summed E-state index contributed by atoms with van der Waals surface area (Å²) in [6.45, 7) is 1.10. The topological polar surface area (TPSA) is 151 Å². The van der Waals surface area contributed by atoms with Gasteiger partial charge in [-0.05, 0) is 57.1 Å². The van der Waals surface area contributed by atoms with E-state index in [1.54, 1.807) is 30.3 Å². The Morgan fingerprint density at radius 1 is 1.12 bits per heavy atom. The summed E-state index contributed by atoms with van der Waals surface area (Å²) in [7, 11) is -4.73. The normalized spacial score (nSPS) is 19.0. The van der Waals surface area contributed by atoms with Gasteiger partial charge in [0.25, 0.3) is 5.91 Å². The highest BCUT2D eigenvalue weighted by atomic mass is 32.2. The second-order valence-corrected chi connectivity index (χ2v) is 11.0. The minimum absolute atomic E-state index is 0.220. The summed E-state index contributed by atoms with van der Waals surface area (Å²) in [6.07, 6.45) is 4.96. The van der Waals surface area contributed by atoms with E-state index in [1.165, 1.54) is 4.31 Å². The Labute approximate surface area is 201 Å². The van der Waals surface area contributed by atoms with Gasteiger partial charge in [-0.3, -0.25) is 14.3 Å². The van der Waals surface area contributed by atoms with E-state index in [0.29, 0.717) is 58.1 Å². The maximum atomic E-state index is 13.2. The largest absolute Gasteiger partial charge is 0.479 e. The maximum absolute atomic E-state index is 13.2. The van der Waals surface area contributed by atoms with Crippen molar-refractivity contribution in [1.29, 1.82) is 0 Å². The van der Waals surface area contributed by atoms with E-state index < -0.39 is 28.5 Å². The monoisotopic (exact) mass is 494 g/mol. The summed E-state index contributed by atoms with van der Waals surface area (Å²) in [4.78, 5) is 26.4. The number of unbranched alkanes of at least 4 members (excludes halogenated alkanes) is 1. The van der Waals surface area contributed by atoms with Gasteiger partial charge in [0.05, 0.1) is 4.90 Å². The van der Waals surface area contributed by atoms with E-state index in [2.05, 4.69) is 10.8 Å². The molecule has 1 heterocycles. The minimum atomic E-state index is -3.57. The van der Waals surface area contributed by atoms with Crippen LogP contribution in [0.5, 0.6) is 0 Å². The van der Waals surface area contributed by atoms with Crippen LogP contribution in [-0.4, -0.2) is 62.4 Å². The van der Waals surface area contributed by atoms with Gasteiger partial charge < -0.3 is 16.1 Å². The summed E-state index contributed by atoms with van der Waals surface area (Å²) in [5, 5.41) is 12.9. The summed E-state index contributed by atoms with van der Waals surface area (Å²) < 4.78 is 32.2. The number of hydrogen-bond acceptors (Lipinski definition) is 7. The molecule has 1 aromatic rings. The standard InChI is InChI=1S/C22H35BN4O6S/c24-15-7-6-14-23(30)33-26-21(29)22(12-4-5-13-22)20(28)25-18-10-16-27(17-11-18)34(31,32)19-8-2-1-3-9-19/h1-3,8-9,18,30H,4-7,10-17,24H2,(H,25,28)(H,26,29). The first-order valence-corrected chi connectivity index (χ1v) is 13.4. The van der Waals surface area contributed by atoms with Crippen molar-refractivity contribution < 1.29 is 27.8 Å². The molecule has 0 spiro atoms. The number of nitrogens with two attached hydrogens (primary N) is 1. The molecule has 3 rings (SSSR count). The average molecular weight is 494 g/mol. The highest BCUT2D eigenvalue weighted by Crippen LogP contribution is 2.39. The molecule has 2 amide bonds. The molecule has 34 heavy (non-hydrogen) atoms. The number of rotatable bonds is 11. The van der Waals surface area contributed by atoms with E-state index in [0.717, 1.165) is 19.3 Å². The predicted octanol–water partition coefficient (Wildman–Crippen LogP) is 0.784. The van der Waals surface area contributed by atoms with Gasteiger partial charge >= 0.3 is 7.12 Å². The molecule has 12 heteroatoms. The van der Waals surface area contributed by atoms with Crippen molar-refractivity contribution in [3.63, 3.8) is 0 Å². The van der Waals surface area contributed by atoms with Crippen LogP contribution in [0, 0.1) is 5.41 Å². The van der Waals surface area contributed by atoms with E-state index in [9.17, 15) is 23.0 Å². The second kappa shape index (κ2) is 12.1. The average Bonchev–Trinajstić information content (AvgIpc) is 3.35. The summed E-state index contributed by atoms with van der Waals surface area (Å²) in [5.41, 5.74) is 6.47. The van der Waals surface area contributed by atoms with E-state index in [4.69, 9.17) is 10.5 Å². The molecule has 0 radical (unpaired) electrons. The lowest BCUT2D eigenvalue weighted by atomic mass is 9.82. The molecule has 5 N–H and O–H groups in total. The zero-order chi connectivity index (χ0) is 24.6. The van der Waals surface area contributed by atoms with Crippen molar-refractivity contribution in [2.24, 2.45) is 11.1 Å². The third-order valence-electron chi connectivity index (χ3n) is 6.69. The van der Waals surface area contributed by atoms with Crippen molar-refractivity contribution in [1.82, 2.24) is 15.1 Å². The van der Waals surface area contributed by atoms with Crippen molar-refractivity contribution >= 4 is 29.0 Å². The first-order valence-electron chi connectivity index (χ1n) is 12.0. The van der Waals surface area contributed by atoms with Gasteiger partial charge in [0, 0.05) is 19.1 Å². The molecule has 1 aliphatic carbocycles. The SMILES string of the molecule is NCCCCB(O)ONC(=O)C1(C(=O)NC2CCN(S(=O)(=O)c3ccccc3)CC2)CCCC1. The molecule has 2 fully saturated rings. The molecule has 1 saturated carbocycles. The van der Waals surface area contributed by atoms with Crippen molar-refractivity contribution in [3.05, 3.63) is 30.3 Å². The number of carbonyl (C=O) groups is 2. The van der Waals surface area contributed by atoms with Crippen LogP contribution in [-0.2, 0) is 24.4 Å². The third kappa shape index (κ3) is 6.36. The smallest absolute Gasteiger partial charge is 0.426 e. The highest BCUT2D eigenvalue weighted by molar-refractivity contribution is 7.89. The van der Waals surface area contributed by atoms with Crippen LogP contribution in [0.25, 0.3) is 0 Å². The van der Waals surface area contributed by atoms with E-state index in [1.807, 2.05) is 0 Å². The van der Waals surface area contributed by atoms with Gasteiger partial charge in [0.2, 0.25) is 15.9 Å². The van der Waals surface area contributed by atoms with Crippen molar-refractivity contribution in [2.75, 3.05) is 19.6 Å². The molecule has 0 bridgehead atoms. The van der Waals surface area contributed by atoms with Gasteiger partial charge in [0.15, 0.2) is 0 Å². The molecular formula is C22H35BN4O6S. The first kappa shape index (κ1) is 26.6. The first-order chi connectivity index (χ1) is 16.3. The maximum Gasteiger partial charge on any atom is 0.479 e.